The zero-order chi connectivity index (χ0) is 28.2. The molecule has 4 aromatic rings. The zero-order valence-electron chi connectivity index (χ0n) is 21.1. The topological polar surface area (TPSA) is 84.9 Å². The van der Waals surface area contributed by atoms with Crippen molar-refractivity contribution in [2.24, 2.45) is 0 Å². The van der Waals surface area contributed by atoms with Gasteiger partial charge < -0.3 is 14.8 Å². The van der Waals surface area contributed by atoms with E-state index in [4.69, 9.17) is 21.1 Å². The average molecular weight is 638 g/mol. The Bertz CT molecular complexity index is 1670. The number of ether oxygens (including phenoxy) is 2. The molecule has 7 nitrogen and oxygen atoms in total. The van der Waals surface area contributed by atoms with Crippen LogP contribution in [0.4, 0.5) is 10.5 Å². The molecule has 1 fully saturated rings. The van der Waals surface area contributed by atoms with Crippen molar-refractivity contribution in [3.8, 4) is 11.5 Å². The molecule has 5 rings (SSSR count). The van der Waals surface area contributed by atoms with Crippen LogP contribution in [0.15, 0.2) is 88.2 Å². The van der Waals surface area contributed by atoms with Crippen molar-refractivity contribution in [2.45, 2.75) is 6.54 Å². The van der Waals surface area contributed by atoms with E-state index in [1.807, 2.05) is 42.5 Å². The Labute approximate surface area is 248 Å². The first-order chi connectivity index (χ1) is 19.3. The van der Waals surface area contributed by atoms with E-state index >= 15 is 0 Å². The second kappa shape index (κ2) is 12.2. The summed E-state index contributed by atoms with van der Waals surface area (Å²) in [6.07, 6.45) is 1.64. The van der Waals surface area contributed by atoms with Gasteiger partial charge in [-0.05, 0) is 86.0 Å². The number of thioether (sulfide) groups is 1. The van der Waals surface area contributed by atoms with Gasteiger partial charge in [-0.3, -0.25) is 19.3 Å². The van der Waals surface area contributed by atoms with Crippen LogP contribution in [0.3, 0.4) is 0 Å². The molecule has 10 heteroatoms. The zero-order valence-corrected chi connectivity index (χ0v) is 24.3. The monoisotopic (exact) mass is 636 g/mol. The van der Waals surface area contributed by atoms with Crippen LogP contribution >= 0.6 is 39.3 Å². The average Bonchev–Trinajstić information content (AvgIpc) is 3.21. The fourth-order valence-electron chi connectivity index (χ4n) is 4.20. The molecular formula is C30H22BrClN2O5S. The van der Waals surface area contributed by atoms with Gasteiger partial charge in [-0.15, -0.1) is 0 Å². The van der Waals surface area contributed by atoms with Gasteiger partial charge in [-0.25, -0.2) is 0 Å². The van der Waals surface area contributed by atoms with Gasteiger partial charge in [0, 0.05) is 10.2 Å². The molecule has 1 N–H and O–H groups in total. The molecule has 202 valence electrons. The van der Waals surface area contributed by atoms with Gasteiger partial charge in [0.05, 0.1) is 23.6 Å². The van der Waals surface area contributed by atoms with E-state index in [0.717, 1.165) is 32.6 Å². The third-order valence-corrected chi connectivity index (χ3v) is 8.27. The van der Waals surface area contributed by atoms with Crippen molar-refractivity contribution in [1.82, 2.24) is 4.90 Å². The van der Waals surface area contributed by atoms with Gasteiger partial charge in [-0.2, -0.15) is 0 Å². The minimum absolute atomic E-state index is 0.188. The summed E-state index contributed by atoms with van der Waals surface area (Å²) in [4.78, 5) is 39.8. The maximum absolute atomic E-state index is 13.2. The summed E-state index contributed by atoms with van der Waals surface area (Å²) in [5.41, 5.74) is 2.09. The van der Waals surface area contributed by atoms with Crippen LogP contribution in [0.1, 0.15) is 11.1 Å². The van der Waals surface area contributed by atoms with Crippen molar-refractivity contribution in [2.75, 3.05) is 19.0 Å². The van der Waals surface area contributed by atoms with Crippen LogP contribution in [0, 0.1) is 0 Å². The molecule has 0 saturated carbocycles. The summed E-state index contributed by atoms with van der Waals surface area (Å²) in [7, 11) is 1.48. The van der Waals surface area contributed by atoms with E-state index in [0.29, 0.717) is 32.7 Å². The van der Waals surface area contributed by atoms with Gasteiger partial charge in [-0.1, -0.05) is 60.1 Å². The van der Waals surface area contributed by atoms with Gasteiger partial charge >= 0.3 is 0 Å². The van der Waals surface area contributed by atoms with Crippen molar-refractivity contribution >= 4 is 78.9 Å². The second-order valence-electron chi connectivity index (χ2n) is 8.78. The maximum Gasteiger partial charge on any atom is 0.293 e. The molecule has 0 unspecified atom stereocenters. The second-order valence-corrected chi connectivity index (χ2v) is 11.0. The van der Waals surface area contributed by atoms with Crippen LogP contribution in [0.5, 0.6) is 11.5 Å². The lowest BCUT2D eigenvalue weighted by molar-refractivity contribution is -0.123. The van der Waals surface area contributed by atoms with E-state index in [2.05, 4.69) is 21.2 Å². The smallest absolute Gasteiger partial charge is 0.293 e. The van der Waals surface area contributed by atoms with E-state index in [-0.39, 0.29) is 30.2 Å². The van der Waals surface area contributed by atoms with Crippen LogP contribution in [0.2, 0.25) is 5.02 Å². The van der Waals surface area contributed by atoms with E-state index in [9.17, 15) is 14.4 Å². The highest BCUT2D eigenvalue weighted by Gasteiger charge is 2.35. The van der Waals surface area contributed by atoms with Crippen LogP contribution in [0.25, 0.3) is 16.8 Å². The number of hydrogen-bond acceptors (Lipinski definition) is 6. The first kappa shape index (κ1) is 27.8. The molecule has 0 atom stereocenters. The minimum Gasteiger partial charge on any atom is -0.493 e. The van der Waals surface area contributed by atoms with Crippen LogP contribution < -0.4 is 14.8 Å². The number of imide groups is 1. The molecule has 0 radical (unpaired) electrons. The van der Waals surface area contributed by atoms with Crippen molar-refractivity contribution in [3.63, 3.8) is 0 Å². The SMILES string of the molecule is COc1cc(/C=C2/SC(=O)N(Cc3cccc4ccccc34)C2=O)ccc1OCC(=O)Nc1ccc(Br)c(Cl)c1. The number of nitrogens with zero attached hydrogens (tertiary/aromatic N) is 1. The third kappa shape index (κ3) is 6.17. The van der Waals surface area contributed by atoms with Crippen molar-refractivity contribution in [1.29, 1.82) is 0 Å². The number of rotatable bonds is 8. The predicted molar refractivity (Wildman–Crippen MR) is 162 cm³/mol. The number of halogens is 2. The summed E-state index contributed by atoms with van der Waals surface area (Å²) in [6, 6.07) is 23.8. The van der Waals surface area contributed by atoms with E-state index in [1.165, 1.54) is 12.0 Å². The van der Waals surface area contributed by atoms with Gasteiger partial charge in [0.1, 0.15) is 0 Å². The number of fused-ring (bicyclic) bond motifs is 1. The molecular weight excluding hydrogens is 616 g/mol. The van der Waals surface area contributed by atoms with Crippen LogP contribution in [-0.4, -0.2) is 35.7 Å². The number of nitrogens with one attached hydrogen (secondary N) is 1. The van der Waals surface area contributed by atoms with Crippen molar-refractivity contribution in [3.05, 3.63) is 104 Å². The fraction of sp³-hybridized carbons (Fsp3) is 0.100. The summed E-state index contributed by atoms with van der Waals surface area (Å²) < 4.78 is 11.8. The third-order valence-electron chi connectivity index (χ3n) is 6.13. The molecule has 1 saturated heterocycles. The molecule has 1 heterocycles. The number of anilines is 1. The Morgan fingerprint density at radius 3 is 2.62 bits per heavy atom. The molecule has 40 heavy (non-hydrogen) atoms. The number of carbonyl (C=O) groups is 3. The molecule has 0 aliphatic carbocycles. The highest BCUT2D eigenvalue weighted by molar-refractivity contribution is 9.10. The fourth-order valence-corrected chi connectivity index (χ4v) is 5.46. The Balaban J connectivity index is 1.26. The number of amides is 3. The van der Waals surface area contributed by atoms with Crippen LogP contribution in [-0.2, 0) is 16.1 Å². The summed E-state index contributed by atoms with van der Waals surface area (Å²) in [5.74, 6) is 0.00671. The summed E-state index contributed by atoms with van der Waals surface area (Å²) >= 11 is 10.3. The molecule has 0 spiro atoms. The molecule has 3 amide bonds. The molecule has 1 aliphatic rings. The largest absolute Gasteiger partial charge is 0.493 e. The Kier molecular flexibility index (Phi) is 8.44. The van der Waals surface area contributed by atoms with Gasteiger partial charge in [0.25, 0.3) is 17.1 Å². The number of hydrogen-bond donors (Lipinski definition) is 1. The van der Waals surface area contributed by atoms with E-state index < -0.39 is 0 Å². The maximum atomic E-state index is 13.2. The normalized spacial score (nSPS) is 14.2. The highest BCUT2D eigenvalue weighted by Crippen LogP contribution is 2.36. The standard InChI is InChI=1S/C30H22BrClN2O5S/c1-38-26-13-18(9-12-25(26)39-17-28(35)33-21-10-11-23(31)24(32)15-21)14-27-29(36)34(30(37)40-27)16-20-7-4-6-19-5-2-3-8-22(19)20/h2-15H,16-17H2,1H3,(H,33,35)/b27-14+. The van der Waals surface area contributed by atoms with Gasteiger partial charge in [0.2, 0.25) is 0 Å². The lowest BCUT2D eigenvalue weighted by atomic mass is 10.0. The Morgan fingerprint density at radius 1 is 1.02 bits per heavy atom. The lowest BCUT2D eigenvalue weighted by Crippen LogP contribution is -2.27. The first-order valence-electron chi connectivity index (χ1n) is 12.1. The predicted octanol–water partition coefficient (Wildman–Crippen LogP) is 7.52. The Hall–Kier alpha value is -3.79. The minimum atomic E-state index is -0.371. The quantitative estimate of drug-likeness (QED) is 0.201. The lowest BCUT2D eigenvalue weighted by Gasteiger charge is -2.14. The summed E-state index contributed by atoms with van der Waals surface area (Å²) in [5, 5.41) is 4.92. The molecule has 0 bridgehead atoms. The van der Waals surface area contributed by atoms with Gasteiger partial charge in [0.15, 0.2) is 18.1 Å². The molecule has 4 aromatic carbocycles. The highest BCUT2D eigenvalue weighted by atomic mass is 79.9. The molecule has 0 aromatic heterocycles. The summed E-state index contributed by atoms with van der Waals surface area (Å²) in [6.45, 7) is -0.0650. The number of carbonyl (C=O) groups excluding carboxylic acids is 3. The number of methoxy groups -OCH3 is 1. The Morgan fingerprint density at radius 2 is 1.82 bits per heavy atom. The van der Waals surface area contributed by atoms with E-state index in [1.54, 1.807) is 42.5 Å². The first-order valence-corrected chi connectivity index (χ1v) is 14.1. The number of benzene rings is 4. The van der Waals surface area contributed by atoms with Crippen molar-refractivity contribution < 1.29 is 23.9 Å². The molecule has 1 aliphatic heterocycles.